The summed E-state index contributed by atoms with van der Waals surface area (Å²) in [6.07, 6.45) is 5.41. The van der Waals surface area contributed by atoms with Crippen molar-refractivity contribution >= 4 is 5.78 Å². The molecule has 0 bridgehead atoms. The summed E-state index contributed by atoms with van der Waals surface area (Å²) in [5, 5.41) is 0. The van der Waals surface area contributed by atoms with Gasteiger partial charge in [0.15, 0.2) is 5.78 Å². The van der Waals surface area contributed by atoms with Gasteiger partial charge in [0, 0.05) is 17.5 Å². The molecule has 2 heteroatoms. The van der Waals surface area contributed by atoms with Crippen molar-refractivity contribution in [1.82, 2.24) is 0 Å². The van der Waals surface area contributed by atoms with E-state index >= 15 is 0 Å². The van der Waals surface area contributed by atoms with Crippen LogP contribution in [-0.4, -0.2) is 12.3 Å². The van der Waals surface area contributed by atoms with E-state index in [1.807, 2.05) is 19.1 Å². The molecule has 1 fully saturated rings. The molecule has 1 aromatic rings. The van der Waals surface area contributed by atoms with Crippen LogP contribution in [0, 0.1) is 19.3 Å². The molecule has 2 rings (SSSR count). The van der Waals surface area contributed by atoms with Gasteiger partial charge in [-0.25, -0.2) is 0 Å². The third kappa shape index (κ3) is 2.22. The first kappa shape index (κ1) is 13.3. The van der Waals surface area contributed by atoms with E-state index in [2.05, 4.69) is 13.0 Å². The van der Waals surface area contributed by atoms with Gasteiger partial charge in [0.25, 0.3) is 0 Å². The molecule has 0 heterocycles. The summed E-state index contributed by atoms with van der Waals surface area (Å²) in [5.74, 6) is 0.269. The van der Waals surface area contributed by atoms with E-state index < -0.39 is 0 Å². The third-order valence-electron chi connectivity index (χ3n) is 4.53. The van der Waals surface area contributed by atoms with Crippen LogP contribution in [0.25, 0.3) is 0 Å². The predicted molar refractivity (Wildman–Crippen MR) is 74.8 cm³/mol. The molecule has 0 aliphatic heterocycles. The van der Waals surface area contributed by atoms with Gasteiger partial charge < -0.3 is 5.73 Å². The quantitative estimate of drug-likeness (QED) is 0.829. The van der Waals surface area contributed by atoms with Gasteiger partial charge in [0.05, 0.1) is 0 Å². The van der Waals surface area contributed by atoms with E-state index in [1.54, 1.807) is 0 Å². The maximum Gasteiger partial charge on any atom is 0.170 e. The molecule has 0 spiro atoms. The molecule has 0 radical (unpaired) electrons. The Labute approximate surface area is 110 Å². The van der Waals surface area contributed by atoms with Crippen LogP contribution >= 0.6 is 0 Å². The normalized spacial score (nSPS) is 18.6. The van der Waals surface area contributed by atoms with Gasteiger partial charge >= 0.3 is 0 Å². The maximum atomic E-state index is 12.8. The summed E-state index contributed by atoms with van der Waals surface area (Å²) in [7, 11) is 0. The summed E-state index contributed by atoms with van der Waals surface area (Å²) in [6.45, 7) is 4.58. The minimum Gasteiger partial charge on any atom is -0.329 e. The van der Waals surface area contributed by atoms with Crippen LogP contribution in [0.5, 0.6) is 0 Å². The van der Waals surface area contributed by atoms with Gasteiger partial charge in [-0.2, -0.15) is 0 Å². The fourth-order valence-electron chi connectivity index (χ4n) is 3.04. The summed E-state index contributed by atoms with van der Waals surface area (Å²) >= 11 is 0. The standard InChI is InChI=1S/C16H23NO/c1-12-7-6-8-14(13(12)2)15(18)16(11-17)9-4-3-5-10-16/h6-8H,3-5,9-11,17H2,1-2H3. The summed E-state index contributed by atoms with van der Waals surface area (Å²) < 4.78 is 0. The van der Waals surface area contributed by atoms with Crippen molar-refractivity contribution in [3.63, 3.8) is 0 Å². The molecule has 2 nitrogen and oxygen atoms in total. The number of Topliss-reactive ketones (excluding diaryl/α,β-unsaturated/α-hetero) is 1. The lowest BCUT2D eigenvalue weighted by Crippen LogP contribution is -2.40. The minimum absolute atomic E-state index is 0.269. The SMILES string of the molecule is Cc1cccc(C(=O)C2(CN)CCCCC2)c1C. The highest BCUT2D eigenvalue weighted by Gasteiger charge is 2.38. The number of hydrogen-bond acceptors (Lipinski definition) is 2. The highest BCUT2D eigenvalue weighted by molar-refractivity contribution is 6.02. The Hall–Kier alpha value is -1.15. The van der Waals surface area contributed by atoms with Gasteiger partial charge in [0.2, 0.25) is 0 Å². The average molecular weight is 245 g/mol. The highest BCUT2D eigenvalue weighted by atomic mass is 16.1. The lowest BCUT2D eigenvalue weighted by Gasteiger charge is -2.35. The molecule has 0 atom stereocenters. The van der Waals surface area contributed by atoms with Crippen LogP contribution in [0.1, 0.15) is 53.6 Å². The Morgan fingerprint density at radius 2 is 1.89 bits per heavy atom. The molecule has 18 heavy (non-hydrogen) atoms. The fourth-order valence-corrected chi connectivity index (χ4v) is 3.04. The summed E-state index contributed by atoms with van der Waals surface area (Å²) in [4.78, 5) is 12.8. The lowest BCUT2D eigenvalue weighted by molar-refractivity contribution is 0.0728. The highest BCUT2D eigenvalue weighted by Crippen LogP contribution is 2.39. The van der Waals surface area contributed by atoms with E-state index in [0.717, 1.165) is 36.8 Å². The monoisotopic (exact) mass is 245 g/mol. The molecule has 0 saturated heterocycles. The number of hydrogen-bond donors (Lipinski definition) is 1. The van der Waals surface area contributed by atoms with Crippen molar-refractivity contribution in [3.8, 4) is 0 Å². The average Bonchev–Trinajstić information content (AvgIpc) is 2.42. The topological polar surface area (TPSA) is 43.1 Å². The van der Waals surface area contributed by atoms with E-state index in [1.165, 1.54) is 12.0 Å². The Kier molecular flexibility index (Phi) is 3.86. The zero-order valence-electron chi connectivity index (χ0n) is 11.5. The van der Waals surface area contributed by atoms with Gasteiger partial charge in [-0.3, -0.25) is 4.79 Å². The van der Waals surface area contributed by atoms with E-state index in [4.69, 9.17) is 5.73 Å². The Bertz CT molecular complexity index is 444. The predicted octanol–water partition coefficient (Wildman–Crippen LogP) is 3.40. The van der Waals surface area contributed by atoms with Crippen molar-refractivity contribution in [1.29, 1.82) is 0 Å². The van der Waals surface area contributed by atoms with E-state index in [0.29, 0.717) is 6.54 Å². The van der Waals surface area contributed by atoms with E-state index in [-0.39, 0.29) is 11.2 Å². The molecular weight excluding hydrogens is 222 g/mol. The van der Waals surface area contributed by atoms with Crippen molar-refractivity contribution in [2.45, 2.75) is 46.0 Å². The van der Waals surface area contributed by atoms with Crippen molar-refractivity contribution in [2.75, 3.05) is 6.54 Å². The smallest absolute Gasteiger partial charge is 0.170 e. The fraction of sp³-hybridized carbons (Fsp3) is 0.562. The van der Waals surface area contributed by atoms with Crippen molar-refractivity contribution in [3.05, 3.63) is 34.9 Å². The molecule has 2 N–H and O–H groups in total. The number of aryl methyl sites for hydroxylation is 1. The third-order valence-corrected chi connectivity index (χ3v) is 4.53. The molecule has 98 valence electrons. The second-order valence-electron chi connectivity index (χ2n) is 5.62. The van der Waals surface area contributed by atoms with Crippen LogP contribution < -0.4 is 5.73 Å². The summed E-state index contributed by atoms with van der Waals surface area (Å²) in [6, 6.07) is 5.99. The second kappa shape index (κ2) is 5.23. The molecule has 1 aliphatic carbocycles. The van der Waals surface area contributed by atoms with Crippen LogP contribution in [0.2, 0.25) is 0 Å². The molecule has 1 aliphatic rings. The van der Waals surface area contributed by atoms with Crippen LogP contribution in [0.4, 0.5) is 0 Å². The number of carbonyl (C=O) groups excluding carboxylic acids is 1. The zero-order chi connectivity index (χ0) is 13.2. The first-order valence-electron chi connectivity index (χ1n) is 6.92. The van der Waals surface area contributed by atoms with Gasteiger partial charge in [-0.05, 0) is 37.8 Å². The van der Waals surface area contributed by atoms with Gasteiger partial charge in [0.1, 0.15) is 0 Å². The largest absolute Gasteiger partial charge is 0.329 e. The summed E-state index contributed by atoms with van der Waals surface area (Å²) in [5.41, 5.74) is 8.82. The molecule has 1 aromatic carbocycles. The molecule has 0 amide bonds. The number of rotatable bonds is 3. The molecule has 0 unspecified atom stereocenters. The van der Waals surface area contributed by atoms with Crippen molar-refractivity contribution < 1.29 is 4.79 Å². The van der Waals surface area contributed by atoms with Gasteiger partial charge in [-0.1, -0.05) is 37.5 Å². The van der Waals surface area contributed by atoms with Crippen molar-refractivity contribution in [2.24, 2.45) is 11.1 Å². The van der Waals surface area contributed by atoms with E-state index in [9.17, 15) is 4.79 Å². The first-order chi connectivity index (χ1) is 8.60. The number of carbonyl (C=O) groups is 1. The first-order valence-corrected chi connectivity index (χ1v) is 6.92. The zero-order valence-corrected chi connectivity index (χ0v) is 11.5. The van der Waals surface area contributed by atoms with Crippen LogP contribution in [-0.2, 0) is 0 Å². The second-order valence-corrected chi connectivity index (χ2v) is 5.62. The Balaban J connectivity index is 2.37. The number of ketones is 1. The maximum absolute atomic E-state index is 12.8. The number of benzene rings is 1. The minimum atomic E-state index is -0.295. The molecular formula is C16H23NO. The lowest BCUT2D eigenvalue weighted by atomic mass is 9.69. The Morgan fingerprint density at radius 3 is 2.50 bits per heavy atom. The van der Waals surface area contributed by atoms with Gasteiger partial charge in [-0.15, -0.1) is 0 Å². The molecule has 1 saturated carbocycles. The molecule has 0 aromatic heterocycles. The van der Waals surface area contributed by atoms with Crippen LogP contribution in [0.15, 0.2) is 18.2 Å². The Morgan fingerprint density at radius 1 is 1.22 bits per heavy atom. The van der Waals surface area contributed by atoms with Crippen LogP contribution in [0.3, 0.4) is 0 Å². The number of nitrogens with two attached hydrogens (primary N) is 1.